The third kappa shape index (κ3) is 5.44. The highest BCUT2D eigenvalue weighted by atomic mass is 19.4. The Morgan fingerprint density at radius 1 is 0.927 bits per heavy atom. The Kier molecular flexibility index (Phi) is 7.14. The smallest absolute Gasteiger partial charge is 0.416 e. The van der Waals surface area contributed by atoms with Gasteiger partial charge in [-0.05, 0) is 54.4 Å². The predicted molar refractivity (Wildman–Crippen MR) is 148 cm³/mol. The Balaban J connectivity index is 1.63. The monoisotopic (exact) mass is 560 g/mol. The quantitative estimate of drug-likeness (QED) is 0.262. The van der Waals surface area contributed by atoms with Gasteiger partial charge in [0.2, 0.25) is 5.95 Å². The summed E-state index contributed by atoms with van der Waals surface area (Å²) < 4.78 is 50.5. The van der Waals surface area contributed by atoms with Crippen molar-refractivity contribution < 1.29 is 27.4 Å². The van der Waals surface area contributed by atoms with Crippen LogP contribution in [0.2, 0.25) is 0 Å². The molecule has 0 aliphatic heterocycles. The number of carbonyl (C=O) groups is 1. The van der Waals surface area contributed by atoms with Gasteiger partial charge in [-0.3, -0.25) is 4.79 Å². The molecule has 0 aliphatic carbocycles. The predicted octanol–water partition coefficient (Wildman–Crippen LogP) is 5.93. The molecule has 0 atom stereocenters. The Hall–Kier alpha value is -5.26. The lowest BCUT2D eigenvalue weighted by Gasteiger charge is -2.18. The maximum atomic E-state index is 13.2. The average molecular weight is 561 g/mol. The molecule has 0 unspecified atom stereocenters. The number of rotatable bonds is 6. The number of amides is 1. The third-order valence-electron chi connectivity index (χ3n) is 6.39. The third-order valence-corrected chi connectivity index (χ3v) is 6.39. The molecular weight excluding hydrogens is 537 g/mol. The molecule has 5 aromatic rings. The van der Waals surface area contributed by atoms with E-state index in [4.69, 9.17) is 15.2 Å². The number of aromatic nitrogens is 4. The molecule has 5 rings (SSSR count). The number of anilines is 2. The van der Waals surface area contributed by atoms with Crippen molar-refractivity contribution in [3.63, 3.8) is 0 Å². The van der Waals surface area contributed by atoms with Gasteiger partial charge in [-0.15, -0.1) is 0 Å². The van der Waals surface area contributed by atoms with Gasteiger partial charge in [0.15, 0.2) is 0 Å². The van der Waals surface area contributed by atoms with Gasteiger partial charge in [0.25, 0.3) is 5.91 Å². The summed E-state index contributed by atoms with van der Waals surface area (Å²) in [6, 6.07) is 11.4. The van der Waals surface area contributed by atoms with Crippen molar-refractivity contribution in [1.82, 2.24) is 19.9 Å². The molecule has 1 amide bonds. The first-order chi connectivity index (χ1) is 19.6. The largest absolute Gasteiger partial charge is 0.495 e. The van der Waals surface area contributed by atoms with E-state index in [0.29, 0.717) is 44.6 Å². The number of aryl methyl sites for hydroxylation is 1. The van der Waals surface area contributed by atoms with Crippen molar-refractivity contribution >= 4 is 28.4 Å². The number of hydrogen-bond acceptors (Lipinski definition) is 8. The van der Waals surface area contributed by atoms with Crippen LogP contribution >= 0.6 is 0 Å². The van der Waals surface area contributed by atoms with Gasteiger partial charge >= 0.3 is 12.2 Å². The summed E-state index contributed by atoms with van der Waals surface area (Å²) in [6.07, 6.45) is 0.164. The zero-order valence-electron chi connectivity index (χ0n) is 22.1. The van der Waals surface area contributed by atoms with Gasteiger partial charge in [0.05, 0.1) is 30.9 Å². The van der Waals surface area contributed by atoms with E-state index in [1.165, 1.54) is 26.4 Å². The van der Waals surface area contributed by atoms with E-state index in [1.54, 1.807) is 36.8 Å². The van der Waals surface area contributed by atoms with Crippen LogP contribution in [-0.4, -0.2) is 40.1 Å². The normalized spacial score (nSPS) is 11.4. The number of nitrogens with one attached hydrogen (secondary N) is 1. The number of ether oxygens (including phenoxy) is 2. The minimum atomic E-state index is -4.57. The lowest BCUT2D eigenvalue weighted by Crippen LogP contribution is -2.14. The molecule has 0 radical (unpaired) electrons. The summed E-state index contributed by atoms with van der Waals surface area (Å²) in [5.74, 6) is -0.177. The molecular formula is C29H23F3N6O3. The fraction of sp³-hybridized carbons (Fsp3) is 0.138. The maximum Gasteiger partial charge on any atom is 0.416 e. The average Bonchev–Trinajstić information content (AvgIpc) is 2.97. The van der Waals surface area contributed by atoms with Gasteiger partial charge in [0.1, 0.15) is 5.75 Å². The number of nitrogens with two attached hydrogens (primary N) is 1. The van der Waals surface area contributed by atoms with Crippen LogP contribution in [0.15, 0.2) is 67.1 Å². The maximum absolute atomic E-state index is 13.2. The van der Waals surface area contributed by atoms with Gasteiger partial charge in [0, 0.05) is 46.4 Å². The van der Waals surface area contributed by atoms with Crippen LogP contribution < -0.4 is 20.5 Å². The second kappa shape index (κ2) is 10.7. The summed E-state index contributed by atoms with van der Waals surface area (Å²) in [7, 11) is 2.97. The highest BCUT2D eigenvalue weighted by molar-refractivity contribution is 6.06. The fourth-order valence-corrected chi connectivity index (χ4v) is 4.43. The number of halogens is 3. The second-order valence-electron chi connectivity index (χ2n) is 9.02. The van der Waals surface area contributed by atoms with E-state index in [-0.39, 0.29) is 17.5 Å². The number of benzene rings is 3. The minimum Gasteiger partial charge on any atom is -0.495 e. The van der Waals surface area contributed by atoms with E-state index in [2.05, 4.69) is 25.3 Å². The molecule has 0 spiro atoms. The molecule has 0 fully saturated rings. The topological polar surface area (TPSA) is 125 Å². The van der Waals surface area contributed by atoms with Crippen molar-refractivity contribution in [1.29, 1.82) is 0 Å². The molecule has 0 bridgehead atoms. The number of fused-ring (bicyclic) bond motifs is 1. The first-order valence-electron chi connectivity index (χ1n) is 12.2. The standard InChI is InChI=1S/C29H23F3N6O3/c1-15-7-8-20(37-26(39)16-5-4-6-19(9-16)29(30,31)32)11-21(15)22-10-17-12-34-27(33)38-24(17)23(25(22)40-2)18-13-35-28(41-3)36-14-18/h4-14H,1-3H3,(H,37,39)(H2,33,34,38). The van der Waals surface area contributed by atoms with Gasteiger partial charge in [-0.1, -0.05) is 12.1 Å². The van der Waals surface area contributed by atoms with Crippen molar-refractivity contribution in [3.8, 4) is 34.0 Å². The fourth-order valence-electron chi connectivity index (χ4n) is 4.43. The van der Waals surface area contributed by atoms with Crippen LogP contribution in [0.25, 0.3) is 33.2 Å². The zero-order chi connectivity index (χ0) is 29.3. The number of methoxy groups -OCH3 is 2. The van der Waals surface area contributed by atoms with Crippen LogP contribution in [0.1, 0.15) is 21.5 Å². The zero-order valence-corrected chi connectivity index (χ0v) is 22.1. The number of alkyl halides is 3. The summed E-state index contributed by atoms with van der Waals surface area (Å²) in [5, 5.41) is 3.34. The summed E-state index contributed by atoms with van der Waals surface area (Å²) in [5.41, 5.74) is 9.09. The molecule has 0 aliphatic rings. The summed E-state index contributed by atoms with van der Waals surface area (Å²) >= 11 is 0. The number of carbonyl (C=O) groups excluding carboxylic acids is 1. The van der Waals surface area contributed by atoms with Crippen molar-refractivity contribution in [2.24, 2.45) is 0 Å². The second-order valence-corrected chi connectivity index (χ2v) is 9.02. The summed E-state index contributed by atoms with van der Waals surface area (Å²) in [6.45, 7) is 1.88. The van der Waals surface area contributed by atoms with Crippen LogP contribution in [0.5, 0.6) is 11.8 Å². The molecule has 0 saturated heterocycles. The Morgan fingerprint density at radius 2 is 1.68 bits per heavy atom. The molecule has 3 aromatic carbocycles. The highest BCUT2D eigenvalue weighted by Gasteiger charge is 2.31. The summed E-state index contributed by atoms with van der Waals surface area (Å²) in [4.78, 5) is 29.9. The molecule has 0 saturated carbocycles. The van der Waals surface area contributed by atoms with Gasteiger partial charge in [-0.25, -0.2) is 19.9 Å². The molecule has 9 nitrogen and oxygen atoms in total. The first kappa shape index (κ1) is 27.3. The van der Waals surface area contributed by atoms with Crippen molar-refractivity contribution in [3.05, 3.63) is 83.8 Å². The number of hydrogen-bond donors (Lipinski definition) is 2. The van der Waals surface area contributed by atoms with E-state index < -0.39 is 17.6 Å². The van der Waals surface area contributed by atoms with Gasteiger partial charge < -0.3 is 20.5 Å². The van der Waals surface area contributed by atoms with Gasteiger partial charge in [-0.2, -0.15) is 13.2 Å². The van der Waals surface area contributed by atoms with E-state index in [9.17, 15) is 18.0 Å². The lowest BCUT2D eigenvalue weighted by molar-refractivity contribution is -0.137. The number of nitrogen functional groups attached to an aromatic ring is 1. The first-order valence-corrected chi connectivity index (χ1v) is 12.2. The molecule has 2 aromatic heterocycles. The van der Waals surface area contributed by atoms with Crippen LogP contribution in [0, 0.1) is 6.92 Å². The number of nitrogens with zero attached hydrogens (tertiary/aromatic N) is 4. The Labute approximate surface area is 232 Å². The van der Waals surface area contributed by atoms with Crippen LogP contribution in [-0.2, 0) is 6.18 Å². The van der Waals surface area contributed by atoms with E-state index >= 15 is 0 Å². The minimum absolute atomic E-state index is 0.0680. The molecule has 3 N–H and O–H groups in total. The lowest BCUT2D eigenvalue weighted by atomic mass is 9.93. The molecule has 41 heavy (non-hydrogen) atoms. The van der Waals surface area contributed by atoms with Crippen LogP contribution in [0.3, 0.4) is 0 Å². The molecule has 12 heteroatoms. The highest BCUT2D eigenvalue weighted by Crippen LogP contribution is 2.45. The molecule has 2 heterocycles. The van der Waals surface area contributed by atoms with Crippen molar-refractivity contribution in [2.45, 2.75) is 13.1 Å². The Bertz CT molecular complexity index is 1780. The van der Waals surface area contributed by atoms with E-state index in [1.807, 2.05) is 13.0 Å². The Morgan fingerprint density at radius 3 is 2.37 bits per heavy atom. The van der Waals surface area contributed by atoms with E-state index in [0.717, 1.165) is 17.7 Å². The van der Waals surface area contributed by atoms with Crippen molar-refractivity contribution in [2.75, 3.05) is 25.3 Å². The van der Waals surface area contributed by atoms with Crippen LogP contribution in [0.4, 0.5) is 24.8 Å². The SMILES string of the molecule is COc1ncc(-c2c(OC)c(-c3cc(NC(=O)c4cccc(C(F)(F)F)c4)ccc3C)cc3cnc(N)nc23)cn1. The molecule has 208 valence electrons.